The van der Waals surface area contributed by atoms with Crippen LogP contribution in [0.4, 0.5) is 5.69 Å². The third-order valence-corrected chi connectivity index (χ3v) is 5.47. The maximum absolute atomic E-state index is 5.54. The fourth-order valence-electron chi connectivity index (χ4n) is 2.26. The molecule has 0 unspecified atom stereocenters. The molecule has 0 amide bonds. The van der Waals surface area contributed by atoms with E-state index in [-0.39, 0.29) is 6.04 Å². The lowest BCUT2D eigenvalue weighted by Crippen LogP contribution is -2.33. The fourth-order valence-corrected chi connectivity index (χ4v) is 3.60. The largest absolute Gasteiger partial charge is 0.343 e. The number of hydrogen-bond donors (Lipinski definition) is 1. The average molecular weight is 342 g/mol. The number of aryl methyl sites for hydroxylation is 1. The minimum atomic E-state index is 0.123. The van der Waals surface area contributed by atoms with Crippen molar-refractivity contribution in [1.82, 2.24) is 9.88 Å². The SMILES string of the molecule is Cc1ccc(NC(=S)N(C)[C@H](C)c2nc3ccccc3s2)cc1. The molecule has 3 aromatic rings. The normalized spacial score (nSPS) is 12.1. The first kappa shape index (κ1) is 15.9. The minimum Gasteiger partial charge on any atom is -0.343 e. The van der Waals surface area contributed by atoms with Gasteiger partial charge in [0.05, 0.1) is 16.3 Å². The molecule has 0 saturated carbocycles. The number of aromatic nitrogens is 1. The minimum absolute atomic E-state index is 0.123. The van der Waals surface area contributed by atoms with Crippen molar-refractivity contribution in [2.24, 2.45) is 0 Å². The number of thiazole rings is 1. The second kappa shape index (κ2) is 6.64. The van der Waals surface area contributed by atoms with Crippen LogP contribution in [0.15, 0.2) is 48.5 Å². The van der Waals surface area contributed by atoms with Gasteiger partial charge in [0, 0.05) is 12.7 Å². The molecule has 0 aliphatic rings. The zero-order chi connectivity index (χ0) is 16.4. The quantitative estimate of drug-likeness (QED) is 0.679. The third-order valence-electron chi connectivity index (χ3n) is 3.87. The Balaban J connectivity index is 1.74. The molecule has 0 saturated heterocycles. The standard InChI is InChI=1S/C18H19N3S2/c1-12-8-10-14(11-9-12)19-18(22)21(3)13(2)17-20-15-6-4-5-7-16(15)23-17/h4-11,13H,1-3H3,(H,19,22)/t13-/m1/s1. The van der Waals surface area contributed by atoms with Gasteiger partial charge in [-0.3, -0.25) is 0 Å². The Morgan fingerprint density at radius 3 is 2.57 bits per heavy atom. The van der Waals surface area contributed by atoms with Crippen LogP contribution in [0.1, 0.15) is 23.5 Å². The van der Waals surface area contributed by atoms with E-state index in [0.717, 1.165) is 16.2 Å². The first-order chi connectivity index (χ1) is 11.0. The molecule has 1 aromatic heterocycles. The van der Waals surface area contributed by atoms with Crippen molar-refractivity contribution in [2.75, 3.05) is 12.4 Å². The maximum Gasteiger partial charge on any atom is 0.173 e. The number of nitrogens with zero attached hydrogens (tertiary/aromatic N) is 2. The topological polar surface area (TPSA) is 28.2 Å². The molecular weight excluding hydrogens is 322 g/mol. The van der Waals surface area contributed by atoms with Crippen LogP contribution >= 0.6 is 23.6 Å². The lowest BCUT2D eigenvalue weighted by atomic mass is 10.2. The van der Waals surface area contributed by atoms with Crippen molar-refractivity contribution >= 4 is 44.6 Å². The van der Waals surface area contributed by atoms with Gasteiger partial charge in [-0.25, -0.2) is 4.98 Å². The highest BCUT2D eigenvalue weighted by atomic mass is 32.1. The molecule has 3 rings (SSSR count). The molecule has 0 fully saturated rings. The van der Waals surface area contributed by atoms with E-state index in [2.05, 4.69) is 37.4 Å². The van der Waals surface area contributed by atoms with E-state index in [9.17, 15) is 0 Å². The molecule has 0 bridgehead atoms. The van der Waals surface area contributed by atoms with E-state index < -0.39 is 0 Å². The van der Waals surface area contributed by atoms with E-state index in [1.807, 2.05) is 42.3 Å². The van der Waals surface area contributed by atoms with Crippen molar-refractivity contribution in [1.29, 1.82) is 0 Å². The number of benzene rings is 2. The number of anilines is 1. The van der Waals surface area contributed by atoms with Crippen LogP contribution in [0.5, 0.6) is 0 Å². The van der Waals surface area contributed by atoms with Crippen molar-refractivity contribution in [3.63, 3.8) is 0 Å². The van der Waals surface area contributed by atoms with Crippen molar-refractivity contribution in [3.8, 4) is 0 Å². The number of nitrogens with one attached hydrogen (secondary N) is 1. The van der Waals surface area contributed by atoms with E-state index in [1.165, 1.54) is 10.3 Å². The van der Waals surface area contributed by atoms with Crippen LogP contribution in [0.25, 0.3) is 10.2 Å². The monoisotopic (exact) mass is 341 g/mol. The van der Waals surface area contributed by atoms with Crippen LogP contribution in [0.3, 0.4) is 0 Å². The van der Waals surface area contributed by atoms with E-state index >= 15 is 0 Å². The van der Waals surface area contributed by atoms with Crippen LogP contribution < -0.4 is 5.32 Å². The first-order valence-electron chi connectivity index (χ1n) is 7.50. The molecule has 118 valence electrons. The second-order valence-corrected chi connectivity index (χ2v) is 7.05. The molecule has 23 heavy (non-hydrogen) atoms. The Labute approximate surface area is 146 Å². The molecule has 1 heterocycles. The van der Waals surface area contributed by atoms with Gasteiger partial charge in [-0.1, -0.05) is 29.8 Å². The Kier molecular flexibility index (Phi) is 4.59. The predicted molar refractivity (Wildman–Crippen MR) is 103 cm³/mol. The Morgan fingerprint density at radius 2 is 1.87 bits per heavy atom. The Morgan fingerprint density at radius 1 is 1.17 bits per heavy atom. The van der Waals surface area contributed by atoms with Gasteiger partial charge in [-0.2, -0.15) is 0 Å². The zero-order valence-corrected chi connectivity index (χ0v) is 15.0. The average Bonchev–Trinajstić information content (AvgIpc) is 2.99. The summed E-state index contributed by atoms with van der Waals surface area (Å²) in [5.41, 5.74) is 3.28. The summed E-state index contributed by atoms with van der Waals surface area (Å²) in [5.74, 6) is 0. The molecule has 1 N–H and O–H groups in total. The summed E-state index contributed by atoms with van der Waals surface area (Å²) in [6.07, 6.45) is 0. The van der Waals surface area contributed by atoms with Gasteiger partial charge >= 0.3 is 0 Å². The predicted octanol–water partition coefficient (Wildman–Crippen LogP) is 4.99. The molecule has 0 radical (unpaired) electrons. The third kappa shape index (κ3) is 3.51. The maximum atomic E-state index is 5.54. The van der Waals surface area contributed by atoms with Crippen molar-refractivity contribution in [2.45, 2.75) is 19.9 Å². The van der Waals surface area contributed by atoms with Crippen LogP contribution in [-0.4, -0.2) is 22.0 Å². The molecule has 0 aliphatic heterocycles. The number of fused-ring (bicyclic) bond motifs is 1. The molecular formula is C18H19N3S2. The molecule has 1 atom stereocenters. The van der Waals surface area contributed by atoms with Gasteiger partial charge in [0.1, 0.15) is 5.01 Å². The highest BCUT2D eigenvalue weighted by Gasteiger charge is 2.18. The molecule has 5 heteroatoms. The van der Waals surface area contributed by atoms with E-state index in [4.69, 9.17) is 17.2 Å². The first-order valence-corrected chi connectivity index (χ1v) is 8.73. The molecule has 0 spiro atoms. The summed E-state index contributed by atoms with van der Waals surface area (Å²) >= 11 is 7.26. The smallest absolute Gasteiger partial charge is 0.173 e. The Hall–Kier alpha value is -1.98. The van der Waals surface area contributed by atoms with Gasteiger partial charge in [0.25, 0.3) is 0 Å². The summed E-state index contributed by atoms with van der Waals surface area (Å²) in [4.78, 5) is 6.77. The lowest BCUT2D eigenvalue weighted by molar-refractivity contribution is 0.407. The van der Waals surface area contributed by atoms with Crippen LogP contribution in [0.2, 0.25) is 0 Å². The van der Waals surface area contributed by atoms with Gasteiger partial charge in [0.15, 0.2) is 5.11 Å². The number of hydrogen-bond acceptors (Lipinski definition) is 3. The van der Waals surface area contributed by atoms with Gasteiger partial charge < -0.3 is 10.2 Å². The molecule has 3 nitrogen and oxygen atoms in total. The van der Waals surface area contributed by atoms with Crippen LogP contribution in [-0.2, 0) is 0 Å². The second-order valence-electron chi connectivity index (χ2n) is 5.60. The Bertz CT molecular complexity index is 791. The zero-order valence-electron chi connectivity index (χ0n) is 13.4. The number of rotatable bonds is 3. The lowest BCUT2D eigenvalue weighted by Gasteiger charge is -2.26. The van der Waals surface area contributed by atoms with Crippen molar-refractivity contribution < 1.29 is 0 Å². The van der Waals surface area contributed by atoms with Gasteiger partial charge in [-0.05, 0) is 50.3 Å². The van der Waals surface area contributed by atoms with E-state index in [1.54, 1.807) is 11.3 Å². The van der Waals surface area contributed by atoms with E-state index in [0.29, 0.717) is 5.11 Å². The molecule has 0 aliphatic carbocycles. The highest BCUT2D eigenvalue weighted by molar-refractivity contribution is 7.80. The van der Waals surface area contributed by atoms with Gasteiger partial charge in [0.2, 0.25) is 0 Å². The molecule has 2 aromatic carbocycles. The van der Waals surface area contributed by atoms with Crippen molar-refractivity contribution in [3.05, 3.63) is 59.1 Å². The summed E-state index contributed by atoms with van der Waals surface area (Å²) in [7, 11) is 2.00. The van der Waals surface area contributed by atoms with Crippen LogP contribution in [0, 0.1) is 6.92 Å². The number of thiocarbonyl (C=S) groups is 1. The summed E-state index contributed by atoms with van der Waals surface area (Å²) in [6, 6.07) is 16.6. The highest BCUT2D eigenvalue weighted by Crippen LogP contribution is 2.29. The summed E-state index contributed by atoms with van der Waals surface area (Å²) in [5, 5.41) is 5.05. The fraction of sp³-hybridized carbons (Fsp3) is 0.222. The number of para-hydroxylation sites is 1. The summed E-state index contributed by atoms with van der Waals surface area (Å²) < 4.78 is 1.21. The van der Waals surface area contributed by atoms with Gasteiger partial charge in [-0.15, -0.1) is 11.3 Å². The summed E-state index contributed by atoms with van der Waals surface area (Å²) in [6.45, 7) is 4.20.